The van der Waals surface area contributed by atoms with Crippen molar-refractivity contribution < 1.29 is 14.7 Å². The minimum Gasteiger partial charge on any atom is -0.511 e. The van der Waals surface area contributed by atoms with E-state index in [9.17, 15) is 14.7 Å². The summed E-state index contributed by atoms with van der Waals surface area (Å²) in [6, 6.07) is 0. The van der Waals surface area contributed by atoms with Gasteiger partial charge < -0.3 is 5.11 Å². The maximum absolute atomic E-state index is 11.2. The average Bonchev–Trinajstić information content (AvgIpc) is 2.28. The van der Waals surface area contributed by atoms with Crippen LogP contribution in [0.5, 0.6) is 0 Å². The Kier molecular flexibility index (Phi) is 2.28. The summed E-state index contributed by atoms with van der Waals surface area (Å²) in [5.74, 6) is -0.519. The lowest BCUT2D eigenvalue weighted by Crippen LogP contribution is -2.16. The first-order valence-electron chi connectivity index (χ1n) is 4.34. The van der Waals surface area contributed by atoms with Crippen LogP contribution in [0.25, 0.3) is 0 Å². The van der Waals surface area contributed by atoms with Gasteiger partial charge in [-0.15, -0.1) is 0 Å². The van der Waals surface area contributed by atoms with Crippen LogP contribution in [0.2, 0.25) is 0 Å². The van der Waals surface area contributed by atoms with Crippen molar-refractivity contribution in [3.05, 3.63) is 11.3 Å². The summed E-state index contributed by atoms with van der Waals surface area (Å²) in [5.41, 5.74) is -0.502. The second-order valence-electron chi connectivity index (χ2n) is 4.32. The molecule has 0 heterocycles. The lowest BCUT2D eigenvalue weighted by Gasteiger charge is -2.18. The van der Waals surface area contributed by atoms with Crippen molar-refractivity contribution in [3.8, 4) is 0 Å². The molecule has 1 N–H and O–H groups in total. The number of ketones is 2. The fourth-order valence-electron chi connectivity index (χ4n) is 1.27. The van der Waals surface area contributed by atoms with Crippen molar-refractivity contribution in [2.75, 3.05) is 0 Å². The predicted octanol–water partition coefficient (Wildman–Crippen LogP) is 1.78. The number of allylic oxidation sites excluding steroid dienone is 2. The van der Waals surface area contributed by atoms with E-state index in [-0.39, 0.29) is 35.7 Å². The molecule has 1 aliphatic carbocycles. The SMILES string of the molecule is CC(C)(C)C(O)=C1C(=O)CCC1=O. The van der Waals surface area contributed by atoms with Gasteiger partial charge in [0.1, 0.15) is 5.76 Å². The molecule has 1 fully saturated rings. The third-order valence-electron chi connectivity index (χ3n) is 2.08. The number of carbonyl (C=O) groups excluding carboxylic acids is 2. The number of hydrogen-bond donors (Lipinski definition) is 1. The molecule has 0 aromatic carbocycles. The van der Waals surface area contributed by atoms with Gasteiger partial charge in [0.2, 0.25) is 0 Å². The van der Waals surface area contributed by atoms with Gasteiger partial charge in [-0.1, -0.05) is 20.8 Å². The van der Waals surface area contributed by atoms with Crippen molar-refractivity contribution in [1.29, 1.82) is 0 Å². The number of carbonyl (C=O) groups is 2. The second kappa shape index (κ2) is 2.98. The third kappa shape index (κ3) is 1.79. The van der Waals surface area contributed by atoms with E-state index in [0.29, 0.717) is 0 Å². The summed E-state index contributed by atoms with van der Waals surface area (Å²) in [6.07, 6.45) is 0.489. The Balaban J connectivity index is 3.17. The van der Waals surface area contributed by atoms with Crippen LogP contribution in [0, 0.1) is 5.41 Å². The van der Waals surface area contributed by atoms with Crippen LogP contribution >= 0.6 is 0 Å². The Morgan fingerprint density at radius 2 is 1.54 bits per heavy atom. The largest absolute Gasteiger partial charge is 0.511 e. The van der Waals surface area contributed by atoms with Crippen molar-refractivity contribution in [1.82, 2.24) is 0 Å². The Morgan fingerprint density at radius 1 is 1.15 bits per heavy atom. The Morgan fingerprint density at radius 3 is 1.85 bits per heavy atom. The second-order valence-corrected chi connectivity index (χ2v) is 4.32. The van der Waals surface area contributed by atoms with E-state index in [2.05, 4.69) is 0 Å². The smallest absolute Gasteiger partial charge is 0.170 e. The van der Waals surface area contributed by atoms with Gasteiger partial charge in [0.25, 0.3) is 0 Å². The zero-order valence-corrected chi connectivity index (χ0v) is 8.18. The van der Waals surface area contributed by atoms with Gasteiger partial charge in [-0.2, -0.15) is 0 Å². The molecule has 0 unspecified atom stereocenters. The van der Waals surface area contributed by atoms with Crippen LogP contribution in [0.15, 0.2) is 11.3 Å². The first kappa shape index (κ1) is 9.96. The van der Waals surface area contributed by atoms with Gasteiger partial charge in [0, 0.05) is 18.3 Å². The highest BCUT2D eigenvalue weighted by Gasteiger charge is 2.33. The maximum atomic E-state index is 11.2. The highest BCUT2D eigenvalue weighted by Crippen LogP contribution is 2.30. The molecule has 0 radical (unpaired) electrons. The molecule has 0 aliphatic heterocycles. The summed E-state index contributed by atoms with van der Waals surface area (Å²) < 4.78 is 0. The zero-order chi connectivity index (χ0) is 10.2. The van der Waals surface area contributed by atoms with Gasteiger partial charge in [-0.3, -0.25) is 9.59 Å². The van der Waals surface area contributed by atoms with Crippen molar-refractivity contribution >= 4 is 11.6 Å². The number of aliphatic hydroxyl groups is 1. The average molecular weight is 182 g/mol. The number of aliphatic hydroxyl groups excluding tert-OH is 1. The standard InChI is InChI=1S/C10H14O3/c1-10(2,3)9(13)8-6(11)4-5-7(8)12/h13H,4-5H2,1-3H3. The molecule has 3 nitrogen and oxygen atoms in total. The first-order valence-corrected chi connectivity index (χ1v) is 4.34. The molecule has 1 saturated carbocycles. The molecule has 1 aliphatic rings. The highest BCUT2D eigenvalue weighted by atomic mass is 16.3. The first-order chi connectivity index (χ1) is 5.84. The molecule has 1 rings (SSSR count). The van der Waals surface area contributed by atoms with E-state index in [1.54, 1.807) is 20.8 Å². The Labute approximate surface area is 77.4 Å². The van der Waals surface area contributed by atoms with E-state index in [0.717, 1.165) is 0 Å². The van der Waals surface area contributed by atoms with Crippen molar-refractivity contribution in [2.24, 2.45) is 5.41 Å². The van der Waals surface area contributed by atoms with E-state index >= 15 is 0 Å². The molecular formula is C10H14O3. The molecule has 0 saturated heterocycles. The molecule has 0 amide bonds. The van der Waals surface area contributed by atoms with Crippen molar-refractivity contribution in [2.45, 2.75) is 33.6 Å². The molecule has 3 heteroatoms. The molecule has 72 valence electrons. The van der Waals surface area contributed by atoms with Gasteiger partial charge in [-0.05, 0) is 0 Å². The van der Waals surface area contributed by atoms with Gasteiger partial charge in [0.15, 0.2) is 11.6 Å². The quantitative estimate of drug-likeness (QED) is 0.353. The van der Waals surface area contributed by atoms with E-state index in [4.69, 9.17) is 0 Å². The van der Waals surface area contributed by atoms with Crippen LogP contribution in [0.3, 0.4) is 0 Å². The fraction of sp³-hybridized carbons (Fsp3) is 0.600. The monoisotopic (exact) mass is 182 g/mol. The lowest BCUT2D eigenvalue weighted by molar-refractivity contribution is -0.117. The lowest BCUT2D eigenvalue weighted by atomic mass is 9.90. The summed E-state index contributed by atoms with van der Waals surface area (Å²) in [7, 11) is 0. The summed E-state index contributed by atoms with van der Waals surface area (Å²) in [6.45, 7) is 5.32. The van der Waals surface area contributed by atoms with Gasteiger partial charge in [0.05, 0.1) is 5.57 Å². The topological polar surface area (TPSA) is 54.4 Å². The summed E-state index contributed by atoms with van der Waals surface area (Å²) in [5, 5.41) is 9.66. The number of hydrogen-bond acceptors (Lipinski definition) is 3. The molecule has 0 aromatic heterocycles. The number of Topliss-reactive ketones (excluding diaryl/α,β-unsaturated/α-hetero) is 2. The maximum Gasteiger partial charge on any atom is 0.170 e. The molecule has 13 heavy (non-hydrogen) atoms. The van der Waals surface area contributed by atoms with E-state index in [1.165, 1.54) is 0 Å². The minimum atomic E-state index is -0.523. The van der Waals surface area contributed by atoms with Gasteiger partial charge in [-0.25, -0.2) is 0 Å². The minimum absolute atomic E-state index is 0.0208. The van der Waals surface area contributed by atoms with Crippen molar-refractivity contribution in [3.63, 3.8) is 0 Å². The van der Waals surface area contributed by atoms with Crippen LogP contribution in [0.4, 0.5) is 0 Å². The molecule has 0 bridgehead atoms. The zero-order valence-electron chi connectivity index (χ0n) is 8.18. The fourth-order valence-corrected chi connectivity index (χ4v) is 1.27. The molecule has 0 atom stereocenters. The highest BCUT2D eigenvalue weighted by molar-refractivity contribution is 6.25. The third-order valence-corrected chi connectivity index (χ3v) is 2.08. The van der Waals surface area contributed by atoms with Crippen LogP contribution in [0.1, 0.15) is 33.6 Å². The van der Waals surface area contributed by atoms with Gasteiger partial charge >= 0.3 is 0 Å². The Bertz CT molecular complexity index is 274. The summed E-state index contributed by atoms with van der Waals surface area (Å²) >= 11 is 0. The normalized spacial score (nSPS) is 18.2. The Hall–Kier alpha value is -1.12. The van der Waals surface area contributed by atoms with Crippen LogP contribution in [-0.4, -0.2) is 16.7 Å². The van der Waals surface area contributed by atoms with Crippen LogP contribution in [-0.2, 0) is 9.59 Å². The predicted molar refractivity (Wildman–Crippen MR) is 48.4 cm³/mol. The molecule has 0 spiro atoms. The number of rotatable bonds is 0. The van der Waals surface area contributed by atoms with E-state index < -0.39 is 5.41 Å². The summed E-state index contributed by atoms with van der Waals surface area (Å²) in [4.78, 5) is 22.5. The van der Waals surface area contributed by atoms with E-state index in [1.807, 2.05) is 0 Å². The van der Waals surface area contributed by atoms with Crippen LogP contribution < -0.4 is 0 Å². The molecular weight excluding hydrogens is 168 g/mol. The molecule has 0 aromatic rings.